The van der Waals surface area contributed by atoms with Crippen LogP contribution in [0.3, 0.4) is 0 Å². The van der Waals surface area contributed by atoms with E-state index in [1.807, 2.05) is 22.7 Å². The van der Waals surface area contributed by atoms with E-state index in [9.17, 15) is 4.79 Å². The maximum absolute atomic E-state index is 12.3. The highest BCUT2D eigenvalue weighted by Gasteiger charge is 2.15. The molecule has 0 saturated heterocycles. The van der Waals surface area contributed by atoms with Gasteiger partial charge in [0.05, 0.1) is 5.56 Å². The van der Waals surface area contributed by atoms with Gasteiger partial charge in [0.15, 0.2) is 0 Å². The first-order chi connectivity index (χ1) is 12.2. The van der Waals surface area contributed by atoms with Crippen molar-refractivity contribution >= 4 is 11.6 Å². The Bertz CT molecular complexity index is 828. The second kappa shape index (κ2) is 7.94. The number of hydrogen-bond acceptors (Lipinski definition) is 3. The summed E-state index contributed by atoms with van der Waals surface area (Å²) in [4.78, 5) is 18.8. The number of nitrogens with zero attached hydrogens (tertiary/aromatic N) is 3. The fraction of sp³-hybridized carbons (Fsp3) is 0.300. The fourth-order valence-electron chi connectivity index (χ4n) is 3.14. The molecule has 0 fully saturated rings. The van der Waals surface area contributed by atoms with Crippen LogP contribution in [0.15, 0.2) is 61.1 Å². The van der Waals surface area contributed by atoms with Gasteiger partial charge in [-0.25, -0.2) is 4.98 Å². The van der Waals surface area contributed by atoms with Crippen molar-refractivity contribution in [1.82, 2.24) is 19.6 Å². The smallest absolute Gasteiger partial charge is 0.252 e. The van der Waals surface area contributed by atoms with Gasteiger partial charge in [-0.15, -0.1) is 0 Å². The van der Waals surface area contributed by atoms with Crippen molar-refractivity contribution in [3.63, 3.8) is 0 Å². The molecule has 1 N–H and O–H groups in total. The highest BCUT2D eigenvalue weighted by Crippen LogP contribution is 2.21. The zero-order valence-corrected chi connectivity index (χ0v) is 14.7. The molecule has 0 radical (unpaired) electrons. The Balaban J connectivity index is 1.55. The Labute approximate surface area is 148 Å². The summed E-state index contributed by atoms with van der Waals surface area (Å²) in [6.07, 6.45) is 6.40. The molecule has 0 spiro atoms. The number of rotatable bonds is 7. The number of carbonyl (C=O) groups excluding carboxylic acids is 1. The van der Waals surface area contributed by atoms with Gasteiger partial charge >= 0.3 is 0 Å². The molecule has 3 aromatic rings. The van der Waals surface area contributed by atoms with Crippen molar-refractivity contribution in [2.45, 2.75) is 19.4 Å². The first-order valence-electron chi connectivity index (χ1n) is 8.65. The van der Waals surface area contributed by atoms with Crippen LogP contribution in [0.25, 0.3) is 5.65 Å². The zero-order valence-electron chi connectivity index (χ0n) is 14.7. The number of amides is 1. The van der Waals surface area contributed by atoms with Crippen LogP contribution in [0.2, 0.25) is 0 Å². The van der Waals surface area contributed by atoms with Gasteiger partial charge in [0, 0.05) is 37.7 Å². The minimum atomic E-state index is -0.0586. The predicted octanol–water partition coefficient (Wildman–Crippen LogP) is 3.15. The van der Waals surface area contributed by atoms with Gasteiger partial charge in [0.25, 0.3) is 5.91 Å². The third-order valence-corrected chi connectivity index (χ3v) is 4.50. The monoisotopic (exact) mass is 336 g/mol. The van der Waals surface area contributed by atoms with E-state index in [1.165, 1.54) is 5.56 Å². The van der Waals surface area contributed by atoms with Crippen LogP contribution in [0.1, 0.15) is 35.3 Å². The van der Waals surface area contributed by atoms with E-state index in [1.54, 1.807) is 18.5 Å². The summed E-state index contributed by atoms with van der Waals surface area (Å²) in [5, 5.41) is 3.00. The van der Waals surface area contributed by atoms with Gasteiger partial charge in [0.2, 0.25) is 0 Å². The molecule has 5 nitrogen and oxygen atoms in total. The summed E-state index contributed by atoms with van der Waals surface area (Å²) >= 11 is 0. The topological polar surface area (TPSA) is 49.6 Å². The maximum Gasteiger partial charge on any atom is 0.252 e. The third-order valence-electron chi connectivity index (χ3n) is 4.50. The van der Waals surface area contributed by atoms with Crippen molar-refractivity contribution in [3.05, 3.63) is 72.2 Å². The summed E-state index contributed by atoms with van der Waals surface area (Å²) in [7, 11) is 2.10. The molecule has 0 aliphatic rings. The Kier molecular flexibility index (Phi) is 5.46. The summed E-state index contributed by atoms with van der Waals surface area (Å²) in [6, 6.07) is 14.5. The standard InChI is InChI=1S/C20H24N4O/c1-3-18(16-7-5-4-6-8-16)23(2)13-11-22-20(25)17-9-10-19-21-12-14-24(19)15-17/h4-10,12,14-15,18H,3,11,13H2,1-2H3,(H,22,25). The van der Waals surface area contributed by atoms with Gasteiger partial charge < -0.3 is 9.72 Å². The lowest BCUT2D eigenvalue weighted by molar-refractivity contribution is 0.0946. The number of hydrogen-bond donors (Lipinski definition) is 1. The summed E-state index contributed by atoms with van der Waals surface area (Å²) in [5.41, 5.74) is 2.79. The molecule has 25 heavy (non-hydrogen) atoms. The molecule has 1 amide bonds. The van der Waals surface area contributed by atoms with Gasteiger partial charge in [-0.05, 0) is 31.2 Å². The average Bonchev–Trinajstić information content (AvgIpc) is 3.11. The molecule has 3 rings (SSSR count). The van der Waals surface area contributed by atoms with E-state index in [4.69, 9.17) is 0 Å². The van der Waals surface area contributed by atoms with Gasteiger partial charge in [-0.2, -0.15) is 0 Å². The van der Waals surface area contributed by atoms with Crippen LogP contribution < -0.4 is 5.32 Å². The van der Waals surface area contributed by atoms with Crippen LogP contribution in [0, 0.1) is 0 Å². The fourth-order valence-corrected chi connectivity index (χ4v) is 3.14. The highest BCUT2D eigenvalue weighted by molar-refractivity contribution is 5.94. The molecular weight excluding hydrogens is 312 g/mol. The number of fused-ring (bicyclic) bond motifs is 1. The second-order valence-corrected chi connectivity index (χ2v) is 6.18. The predicted molar refractivity (Wildman–Crippen MR) is 99.6 cm³/mol. The molecule has 0 bridgehead atoms. The Hall–Kier alpha value is -2.66. The molecule has 1 unspecified atom stereocenters. The average molecular weight is 336 g/mol. The summed E-state index contributed by atoms with van der Waals surface area (Å²) in [6.45, 7) is 3.60. The highest BCUT2D eigenvalue weighted by atomic mass is 16.1. The van der Waals surface area contributed by atoms with Crippen molar-refractivity contribution in [3.8, 4) is 0 Å². The first kappa shape index (κ1) is 17.2. The van der Waals surface area contributed by atoms with Crippen molar-refractivity contribution in [2.24, 2.45) is 0 Å². The molecular formula is C20H24N4O. The van der Waals surface area contributed by atoms with Crippen LogP contribution in [0.5, 0.6) is 0 Å². The molecule has 0 aliphatic heterocycles. The van der Waals surface area contributed by atoms with Crippen molar-refractivity contribution in [2.75, 3.05) is 20.1 Å². The quantitative estimate of drug-likeness (QED) is 0.721. The van der Waals surface area contributed by atoms with Crippen LogP contribution >= 0.6 is 0 Å². The zero-order chi connectivity index (χ0) is 17.6. The molecule has 130 valence electrons. The van der Waals surface area contributed by atoms with E-state index in [0.29, 0.717) is 18.2 Å². The number of likely N-dealkylation sites (N-methyl/N-ethyl adjacent to an activating group) is 1. The van der Waals surface area contributed by atoms with Gasteiger partial charge in [-0.1, -0.05) is 37.3 Å². The molecule has 0 aliphatic carbocycles. The van der Waals surface area contributed by atoms with Crippen molar-refractivity contribution < 1.29 is 4.79 Å². The molecule has 0 saturated carbocycles. The van der Waals surface area contributed by atoms with Crippen LogP contribution in [-0.4, -0.2) is 40.3 Å². The Morgan fingerprint density at radius 1 is 1.24 bits per heavy atom. The lowest BCUT2D eigenvalue weighted by Crippen LogP contribution is -2.35. The lowest BCUT2D eigenvalue weighted by atomic mass is 10.0. The normalized spacial score (nSPS) is 12.4. The van der Waals surface area contributed by atoms with E-state index in [2.05, 4.69) is 53.4 Å². The van der Waals surface area contributed by atoms with E-state index in [-0.39, 0.29) is 5.91 Å². The molecule has 2 heterocycles. The molecule has 1 aromatic carbocycles. The first-order valence-corrected chi connectivity index (χ1v) is 8.65. The minimum absolute atomic E-state index is 0.0586. The molecule has 1 atom stereocenters. The minimum Gasteiger partial charge on any atom is -0.351 e. The summed E-state index contributed by atoms with van der Waals surface area (Å²) < 4.78 is 1.85. The number of imidazole rings is 1. The van der Waals surface area contributed by atoms with Crippen LogP contribution in [0.4, 0.5) is 0 Å². The maximum atomic E-state index is 12.3. The Morgan fingerprint density at radius 3 is 2.80 bits per heavy atom. The number of benzene rings is 1. The van der Waals surface area contributed by atoms with Crippen molar-refractivity contribution in [1.29, 1.82) is 0 Å². The Morgan fingerprint density at radius 2 is 2.04 bits per heavy atom. The largest absolute Gasteiger partial charge is 0.351 e. The third kappa shape index (κ3) is 4.06. The lowest BCUT2D eigenvalue weighted by Gasteiger charge is -2.27. The number of nitrogens with one attached hydrogen (secondary N) is 1. The van der Waals surface area contributed by atoms with Gasteiger partial charge in [0.1, 0.15) is 5.65 Å². The van der Waals surface area contributed by atoms with Crippen LogP contribution in [-0.2, 0) is 0 Å². The summed E-state index contributed by atoms with van der Waals surface area (Å²) in [5.74, 6) is -0.0586. The molecule has 2 aromatic heterocycles. The number of aromatic nitrogens is 2. The van der Waals surface area contributed by atoms with Gasteiger partial charge in [-0.3, -0.25) is 9.69 Å². The number of pyridine rings is 1. The number of carbonyl (C=O) groups is 1. The van der Waals surface area contributed by atoms with E-state index < -0.39 is 0 Å². The van der Waals surface area contributed by atoms with E-state index in [0.717, 1.165) is 18.6 Å². The second-order valence-electron chi connectivity index (χ2n) is 6.18. The SMILES string of the molecule is CCC(c1ccccc1)N(C)CCNC(=O)c1ccc2nccn2c1. The molecule has 5 heteroatoms. The van der Waals surface area contributed by atoms with E-state index >= 15 is 0 Å².